The Hall–Kier alpha value is -2.08. The molecule has 1 aliphatic carbocycles. The molecule has 2 aliphatic rings. The smallest absolute Gasteiger partial charge is 0.222 e. The van der Waals surface area contributed by atoms with Crippen LogP contribution in [0, 0.1) is 5.41 Å². The van der Waals surface area contributed by atoms with Crippen molar-refractivity contribution in [1.82, 2.24) is 15.5 Å². The van der Waals surface area contributed by atoms with Crippen LogP contribution in [0.15, 0.2) is 29.3 Å². The lowest BCUT2D eigenvalue weighted by molar-refractivity contribution is -0.132. The van der Waals surface area contributed by atoms with Gasteiger partial charge in [-0.15, -0.1) is 0 Å². The number of ether oxygens (including phenoxy) is 1. The number of carbonyl (C=O) groups is 1. The van der Waals surface area contributed by atoms with E-state index < -0.39 is 0 Å². The lowest BCUT2D eigenvalue weighted by Gasteiger charge is -2.40. The highest BCUT2D eigenvalue weighted by molar-refractivity contribution is 5.80. The van der Waals surface area contributed by atoms with Crippen LogP contribution in [0.1, 0.15) is 56.6 Å². The van der Waals surface area contributed by atoms with Crippen molar-refractivity contribution < 1.29 is 9.53 Å². The van der Waals surface area contributed by atoms with Crippen LogP contribution < -0.4 is 10.6 Å². The molecule has 0 aromatic heterocycles. The van der Waals surface area contributed by atoms with E-state index in [1.54, 1.807) is 7.11 Å². The molecule has 0 unspecified atom stereocenters. The van der Waals surface area contributed by atoms with Gasteiger partial charge in [0.1, 0.15) is 0 Å². The minimum absolute atomic E-state index is 0.251. The minimum Gasteiger partial charge on any atom is -0.385 e. The van der Waals surface area contributed by atoms with Crippen molar-refractivity contribution in [3.8, 4) is 0 Å². The number of hydrogen-bond acceptors (Lipinski definition) is 3. The van der Waals surface area contributed by atoms with Crippen LogP contribution >= 0.6 is 0 Å². The summed E-state index contributed by atoms with van der Waals surface area (Å²) in [5.41, 5.74) is 2.98. The predicted molar refractivity (Wildman–Crippen MR) is 122 cm³/mol. The highest BCUT2D eigenvalue weighted by Gasteiger charge is 2.36. The Morgan fingerprint density at radius 3 is 2.73 bits per heavy atom. The summed E-state index contributed by atoms with van der Waals surface area (Å²) in [5, 5.41) is 6.74. The fourth-order valence-electron chi connectivity index (χ4n) is 4.38. The van der Waals surface area contributed by atoms with E-state index in [1.165, 1.54) is 30.4 Å². The normalized spacial score (nSPS) is 17.8. The number of guanidine groups is 1. The molecular weight excluding hydrogens is 376 g/mol. The number of nitrogens with zero attached hydrogens (tertiary/aromatic N) is 2. The van der Waals surface area contributed by atoms with Crippen molar-refractivity contribution in [2.75, 3.05) is 39.9 Å². The summed E-state index contributed by atoms with van der Waals surface area (Å²) in [6.07, 6.45) is 7.22. The van der Waals surface area contributed by atoms with Gasteiger partial charge in [-0.1, -0.05) is 30.7 Å². The molecule has 1 fully saturated rings. The molecule has 0 bridgehead atoms. The molecule has 1 aliphatic heterocycles. The quantitative estimate of drug-likeness (QED) is 0.351. The molecule has 0 spiro atoms. The molecular formula is C24H38N4O2. The SMILES string of the molecule is CCNC(=NCC1(CCOC)CCC1)NCCCC(=O)N1CCc2ccccc2C1. The maximum Gasteiger partial charge on any atom is 0.222 e. The number of nitrogens with one attached hydrogen (secondary N) is 2. The summed E-state index contributed by atoms with van der Waals surface area (Å²) in [6, 6.07) is 8.44. The summed E-state index contributed by atoms with van der Waals surface area (Å²) in [7, 11) is 1.77. The summed E-state index contributed by atoms with van der Waals surface area (Å²) in [6.45, 7) is 6.91. The summed E-state index contributed by atoms with van der Waals surface area (Å²) in [5.74, 6) is 1.11. The van der Waals surface area contributed by atoms with Crippen LogP contribution in [-0.2, 0) is 22.5 Å². The Morgan fingerprint density at radius 2 is 2.03 bits per heavy atom. The molecule has 166 valence electrons. The molecule has 1 aromatic rings. The van der Waals surface area contributed by atoms with E-state index in [-0.39, 0.29) is 5.91 Å². The van der Waals surface area contributed by atoms with Crippen LogP contribution in [0.2, 0.25) is 0 Å². The first-order valence-electron chi connectivity index (χ1n) is 11.5. The molecule has 2 N–H and O–H groups in total. The van der Waals surface area contributed by atoms with Gasteiger partial charge in [0.25, 0.3) is 0 Å². The number of methoxy groups -OCH3 is 1. The molecule has 3 rings (SSSR count). The van der Waals surface area contributed by atoms with Crippen LogP contribution in [-0.4, -0.2) is 56.7 Å². The zero-order valence-electron chi connectivity index (χ0n) is 18.7. The fourth-order valence-corrected chi connectivity index (χ4v) is 4.38. The predicted octanol–water partition coefficient (Wildman–Crippen LogP) is 3.11. The van der Waals surface area contributed by atoms with E-state index in [4.69, 9.17) is 9.73 Å². The van der Waals surface area contributed by atoms with E-state index >= 15 is 0 Å². The van der Waals surface area contributed by atoms with Crippen LogP contribution in [0.4, 0.5) is 0 Å². The summed E-state index contributed by atoms with van der Waals surface area (Å²) in [4.78, 5) is 19.5. The Kier molecular flexibility index (Phi) is 8.55. The average Bonchev–Trinajstić information content (AvgIpc) is 2.75. The topological polar surface area (TPSA) is 66.0 Å². The molecule has 1 aromatic carbocycles. The Morgan fingerprint density at radius 1 is 1.23 bits per heavy atom. The number of fused-ring (bicyclic) bond motifs is 1. The number of hydrogen-bond donors (Lipinski definition) is 2. The summed E-state index contributed by atoms with van der Waals surface area (Å²) < 4.78 is 5.28. The maximum absolute atomic E-state index is 12.6. The highest BCUT2D eigenvalue weighted by Crippen LogP contribution is 2.44. The number of carbonyl (C=O) groups excluding carboxylic acids is 1. The third-order valence-corrected chi connectivity index (χ3v) is 6.51. The zero-order chi connectivity index (χ0) is 21.2. The van der Waals surface area contributed by atoms with Crippen molar-refractivity contribution in [2.24, 2.45) is 10.4 Å². The van der Waals surface area contributed by atoms with Gasteiger partial charge in [-0.05, 0) is 55.6 Å². The van der Waals surface area contributed by atoms with Crippen molar-refractivity contribution in [1.29, 1.82) is 0 Å². The van der Waals surface area contributed by atoms with Gasteiger partial charge in [-0.3, -0.25) is 9.79 Å². The number of rotatable bonds is 10. The van der Waals surface area contributed by atoms with Gasteiger partial charge in [-0.2, -0.15) is 0 Å². The fraction of sp³-hybridized carbons (Fsp3) is 0.667. The molecule has 1 saturated carbocycles. The van der Waals surface area contributed by atoms with Gasteiger partial charge in [0.15, 0.2) is 5.96 Å². The van der Waals surface area contributed by atoms with Gasteiger partial charge >= 0.3 is 0 Å². The van der Waals surface area contributed by atoms with Gasteiger partial charge in [0, 0.05) is 52.9 Å². The Labute approximate surface area is 181 Å². The second kappa shape index (κ2) is 11.3. The van der Waals surface area contributed by atoms with Crippen molar-refractivity contribution in [3.63, 3.8) is 0 Å². The molecule has 1 amide bonds. The molecule has 0 saturated heterocycles. The third kappa shape index (κ3) is 6.21. The molecule has 0 radical (unpaired) electrons. The van der Waals surface area contributed by atoms with Crippen molar-refractivity contribution in [3.05, 3.63) is 35.4 Å². The number of amides is 1. The first kappa shape index (κ1) is 22.6. The van der Waals surface area contributed by atoms with E-state index in [1.807, 2.05) is 4.90 Å². The zero-order valence-corrected chi connectivity index (χ0v) is 18.7. The molecule has 1 heterocycles. The minimum atomic E-state index is 0.251. The second-order valence-electron chi connectivity index (χ2n) is 8.66. The van der Waals surface area contributed by atoms with Crippen molar-refractivity contribution in [2.45, 2.75) is 58.4 Å². The van der Waals surface area contributed by atoms with Gasteiger partial charge in [-0.25, -0.2) is 0 Å². The molecule has 0 atom stereocenters. The lowest BCUT2D eigenvalue weighted by atomic mass is 9.67. The van der Waals surface area contributed by atoms with E-state index in [9.17, 15) is 4.79 Å². The van der Waals surface area contributed by atoms with Crippen LogP contribution in [0.25, 0.3) is 0 Å². The third-order valence-electron chi connectivity index (χ3n) is 6.51. The largest absolute Gasteiger partial charge is 0.385 e. The van der Waals surface area contributed by atoms with E-state index in [0.29, 0.717) is 11.8 Å². The highest BCUT2D eigenvalue weighted by atomic mass is 16.5. The standard InChI is InChI=1S/C24H38N4O2/c1-3-25-23(27-19-24(12-7-13-24)14-17-30-2)26-15-6-10-22(29)28-16-11-20-8-4-5-9-21(20)18-28/h4-5,8-9H,3,6-7,10-19H2,1-2H3,(H2,25,26,27). The molecule has 6 heteroatoms. The monoisotopic (exact) mass is 414 g/mol. The lowest BCUT2D eigenvalue weighted by Crippen LogP contribution is -2.41. The summed E-state index contributed by atoms with van der Waals surface area (Å²) >= 11 is 0. The van der Waals surface area contributed by atoms with Gasteiger partial charge < -0.3 is 20.3 Å². The van der Waals surface area contributed by atoms with Crippen molar-refractivity contribution >= 4 is 11.9 Å². The Bertz CT molecular complexity index is 715. The number of benzene rings is 1. The van der Waals surface area contributed by atoms with E-state index in [2.05, 4.69) is 41.8 Å². The number of aliphatic imine (C=N–C) groups is 1. The van der Waals surface area contributed by atoms with Gasteiger partial charge in [0.05, 0.1) is 0 Å². The first-order chi connectivity index (χ1) is 14.7. The van der Waals surface area contributed by atoms with Crippen LogP contribution in [0.5, 0.6) is 0 Å². The van der Waals surface area contributed by atoms with Gasteiger partial charge in [0.2, 0.25) is 5.91 Å². The first-order valence-corrected chi connectivity index (χ1v) is 11.5. The maximum atomic E-state index is 12.6. The van der Waals surface area contributed by atoms with E-state index in [0.717, 1.165) is 64.6 Å². The average molecular weight is 415 g/mol. The van der Waals surface area contributed by atoms with Crippen LogP contribution in [0.3, 0.4) is 0 Å². The molecule has 6 nitrogen and oxygen atoms in total. The second-order valence-corrected chi connectivity index (χ2v) is 8.66. The Balaban J connectivity index is 1.40. The molecule has 30 heavy (non-hydrogen) atoms.